The van der Waals surface area contributed by atoms with Gasteiger partial charge in [-0.25, -0.2) is 0 Å². The van der Waals surface area contributed by atoms with Gasteiger partial charge in [-0.15, -0.1) is 0 Å². The van der Waals surface area contributed by atoms with E-state index in [1.807, 2.05) is 6.07 Å². The van der Waals surface area contributed by atoms with Gasteiger partial charge in [0, 0.05) is 16.2 Å². The lowest BCUT2D eigenvalue weighted by molar-refractivity contribution is -0.113. The van der Waals surface area contributed by atoms with Crippen LogP contribution in [0.4, 0.5) is 5.69 Å². The Morgan fingerprint density at radius 2 is 2.29 bits per heavy atom. The van der Waals surface area contributed by atoms with Crippen molar-refractivity contribution in [1.29, 1.82) is 5.26 Å². The van der Waals surface area contributed by atoms with Crippen LogP contribution >= 0.6 is 0 Å². The number of nitrogens with zero attached hydrogens (tertiary/aromatic N) is 4. The number of Topliss-reactive ketones (excluding diaryl/α,β-unsaturated/α-hetero) is 1. The van der Waals surface area contributed by atoms with Crippen LogP contribution in [-0.2, 0) is 4.79 Å². The Bertz CT molecular complexity index is 548. The molecule has 0 amide bonds. The van der Waals surface area contributed by atoms with Crippen LogP contribution in [0, 0.1) is 11.3 Å². The minimum atomic E-state index is -0.165. The van der Waals surface area contributed by atoms with Crippen molar-refractivity contribution in [3.63, 3.8) is 0 Å². The maximum Gasteiger partial charge on any atom is 0.156 e. The first kappa shape index (κ1) is 12.5. The highest BCUT2D eigenvalue weighted by Crippen LogP contribution is 2.22. The standard InChI is InChI=1S/C12H10N4O/c1-9(17)10(6-7-13)8-11-4-2-3-5-12(11)15-16-14/h2-5,8H,6H2,1H3. The minimum absolute atomic E-state index is 0.0416. The summed E-state index contributed by atoms with van der Waals surface area (Å²) in [6.07, 6.45) is 1.62. The molecule has 0 atom stereocenters. The van der Waals surface area contributed by atoms with Gasteiger partial charge in [0.15, 0.2) is 5.78 Å². The number of ketones is 1. The van der Waals surface area contributed by atoms with E-state index >= 15 is 0 Å². The summed E-state index contributed by atoms with van der Waals surface area (Å²) in [5.41, 5.74) is 9.87. The molecule has 0 saturated heterocycles. The molecule has 1 rings (SSSR count). The number of nitriles is 1. The molecule has 0 radical (unpaired) electrons. The van der Waals surface area contributed by atoms with Crippen molar-refractivity contribution >= 4 is 17.5 Å². The van der Waals surface area contributed by atoms with E-state index in [1.54, 1.807) is 30.3 Å². The molecule has 5 heteroatoms. The van der Waals surface area contributed by atoms with Crippen LogP contribution in [0.1, 0.15) is 18.9 Å². The Morgan fingerprint density at radius 1 is 1.59 bits per heavy atom. The van der Waals surface area contributed by atoms with Gasteiger partial charge < -0.3 is 0 Å². The van der Waals surface area contributed by atoms with Crippen molar-refractivity contribution < 1.29 is 4.79 Å². The summed E-state index contributed by atoms with van der Waals surface area (Å²) in [6.45, 7) is 1.40. The van der Waals surface area contributed by atoms with Gasteiger partial charge in [0.25, 0.3) is 0 Å². The summed E-state index contributed by atoms with van der Waals surface area (Å²) in [7, 11) is 0. The molecule has 1 aromatic rings. The van der Waals surface area contributed by atoms with Crippen molar-refractivity contribution in [3.8, 4) is 6.07 Å². The zero-order valence-electron chi connectivity index (χ0n) is 9.29. The lowest BCUT2D eigenvalue weighted by Gasteiger charge is -2.01. The Kier molecular flexibility index (Phi) is 4.49. The van der Waals surface area contributed by atoms with E-state index in [4.69, 9.17) is 10.8 Å². The summed E-state index contributed by atoms with van der Waals surface area (Å²) >= 11 is 0. The molecule has 0 N–H and O–H groups in total. The number of benzene rings is 1. The lowest BCUT2D eigenvalue weighted by Crippen LogP contribution is -1.95. The molecule has 0 aliphatic rings. The van der Waals surface area contributed by atoms with Gasteiger partial charge in [0.2, 0.25) is 0 Å². The van der Waals surface area contributed by atoms with Crippen molar-refractivity contribution in [2.75, 3.05) is 0 Å². The Morgan fingerprint density at radius 3 is 2.88 bits per heavy atom. The number of carbonyl (C=O) groups excluding carboxylic acids is 1. The fourth-order valence-corrected chi connectivity index (χ4v) is 1.30. The molecule has 0 aromatic heterocycles. The Hall–Kier alpha value is -2.57. The first-order chi connectivity index (χ1) is 8.19. The van der Waals surface area contributed by atoms with Gasteiger partial charge in [-0.05, 0) is 24.1 Å². The molecule has 0 aliphatic carbocycles. The van der Waals surface area contributed by atoms with E-state index in [0.717, 1.165) is 0 Å². The summed E-state index contributed by atoms with van der Waals surface area (Å²) < 4.78 is 0. The van der Waals surface area contributed by atoms with Gasteiger partial charge in [0.05, 0.1) is 12.5 Å². The van der Waals surface area contributed by atoms with E-state index in [0.29, 0.717) is 16.8 Å². The number of rotatable bonds is 4. The fourth-order valence-electron chi connectivity index (χ4n) is 1.30. The quantitative estimate of drug-likeness (QED) is 0.340. The summed E-state index contributed by atoms with van der Waals surface area (Å²) in [6, 6.07) is 8.81. The second-order valence-electron chi connectivity index (χ2n) is 3.31. The average Bonchev–Trinajstić information content (AvgIpc) is 2.31. The molecule has 0 saturated carbocycles. The highest BCUT2D eigenvalue weighted by Gasteiger charge is 2.05. The lowest BCUT2D eigenvalue weighted by atomic mass is 10.0. The topological polar surface area (TPSA) is 89.6 Å². The molecule has 0 spiro atoms. The van der Waals surface area contributed by atoms with E-state index < -0.39 is 0 Å². The third-order valence-electron chi connectivity index (χ3n) is 2.14. The van der Waals surface area contributed by atoms with Gasteiger partial charge >= 0.3 is 0 Å². The third kappa shape index (κ3) is 3.49. The summed E-state index contributed by atoms with van der Waals surface area (Å²) in [5, 5.41) is 12.1. The molecule has 1 aromatic carbocycles. The molecule has 5 nitrogen and oxygen atoms in total. The summed E-state index contributed by atoms with van der Waals surface area (Å²) in [4.78, 5) is 14.0. The second-order valence-corrected chi connectivity index (χ2v) is 3.31. The van der Waals surface area contributed by atoms with Crippen LogP contribution in [0.5, 0.6) is 0 Å². The number of azide groups is 1. The van der Waals surface area contributed by atoms with Gasteiger partial charge in [-0.1, -0.05) is 29.4 Å². The molecule has 0 aliphatic heterocycles. The molecule has 0 unspecified atom stereocenters. The van der Waals surface area contributed by atoms with Crippen LogP contribution < -0.4 is 0 Å². The zero-order valence-corrected chi connectivity index (χ0v) is 9.29. The largest absolute Gasteiger partial charge is 0.295 e. The monoisotopic (exact) mass is 226 g/mol. The highest BCUT2D eigenvalue weighted by atomic mass is 16.1. The van der Waals surface area contributed by atoms with Crippen molar-refractivity contribution in [1.82, 2.24) is 0 Å². The summed E-state index contributed by atoms with van der Waals surface area (Å²) in [5.74, 6) is -0.165. The first-order valence-corrected chi connectivity index (χ1v) is 4.91. The molecular formula is C12H10N4O. The van der Waals surface area contributed by atoms with Crippen LogP contribution in [0.15, 0.2) is 35.0 Å². The average molecular weight is 226 g/mol. The van der Waals surface area contributed by atoms with Crippen LogP contribution in [0.2, 0.25) is 0 Å². The van der Waals surface area contributed by atoms with Crippen LogP contribution in [0.3, 0.4) is 0 Å². The van der Waals surface area contributed by atoms with E-state index in [9.17, 15) is 4.79 Å². The van der Waals surface area contributed by atoms with Crippen LogP contribution in [-0.4, -0.2) is 5.78 Å². The van der Waals surface area contributed by atoms with E-state index in [2.05, 4.69) is 10.0 Å². The maximum atomic E-state index is 11.3. The smallest absolute Gasteiger partial charge is 0.156 e. The number of hydrogen-bond donors (Lipinski definition) is 0. The van der Waals surface area contributed by atoms with Crippen LogP contribution in [0.25, 0.3) is 16.5 Å². The van der Waals surface area contributed by atoms with Crippen molar-refractivity contribution in [2.24, 2.45) is 5.11 Å². The molecule has 17 heavy (non-hydrogen) atoms. The predicted molar refractivity (Wildman–Crippen MR) is 64.1 cm³/mol. The zero-order chi connectivity index (χ0) is 12.7. The van der Waals surface area contributed by atoms with E-state index in [1.165, 1.54) is 6.92 Å². The maximum absolute atomic E-state index is 11.3. The Balaban J connectivity index is 3.24. The fraction of sp³-hybridized carbons (Fsp3) is 0.167. The molecule has 84 valence electrons. The first-order valence-electron chi connectivity index (χ1n) is 4.91. The van der Waals surface area contributed by atoms with Crippen molar-refractivity contribution in [3.05, 3.63) is 45.8 Å². The van der Waals surface area contributed by atoms with Gasteiger partial charge in [-0.3, -0.25) is 4.79 Å². The normalized spacial score (nSPS) is 10.2. The van der Waals surface area contributed by atoms with E-state index in [-0.39, 0.29) is 12.2 Å². The Labute approximate surface area is 98.6 Å². The molecule has 0 bridgehead atoms. The van der Waals surface area contributed by atoms with Crippen molar-refractivity contribution in [2.45, 2.75) is 13.3 Å². The highest BCUT2D eigenvalue weighted by molar-refractivity contribution is 5.98. The second kappa shape index (κ2) is 6.11. The third-order valence-corrected chi connectivity index (χ3v) is 2.14. The molecule has 0 fully saturated rings. The predicted octanol–water partition coefficient (Wildman–Crippen LogP) is 3.51. The molecular weight excluding hydrogens is 216 g/mol. The minimum Gasteiger partial charge on any atom is -0.295 e. The number of carbonyl (C=O) groups is 1. The number of allylic oxidation sites excluding steroid dienone is 1. The van der Waals surface area contributed by atoms with Gasteiger partial charge in [0.1, 0.15) is 0 Å². The number of hydrogen-bond acceptors (Lipinski definition) is 3. The SMILES string of the molecule is CC(=O)C(=Cc1ccccc1N=[N+]=[N-])CC#N. The van der Waals surface area contributed by atoms with Gasteiger partial charge in [-0.2, -0.15) is 5.26 Å². The molecule has 0 heterocycles.